The molecule has 0 fully saturated rings. The third kappa shape index (κ3) is 13.6. The minimum atomic E-state index is -1.66. The monoisotopic (exact) mass is 1040 g/mol. The van der Waals surface area contributed by atoms with Gasteiger partial charge in [0.2, 0.25) is 12.1 Å². The Labute approximate surface area is 422 Å². The normalized spacial score (nSPS) is 13.4. The van der Waals surface area contributed by atoms with Crippen LogP contribution in [-0.4, -0.2) is 61.5 Å². The number of Topliss-reactive ketones (excluding diaryl/α,β-unsaturated/α-hetero) is 2. The number of ketones is 2. The Morgan fingerprint density at radius 2 is 0.957 bits per heavy atom. The molecule has 0 aliphatic heterocycles. The van der Waals surface area contributed by atoms with Gasteiger partial charge in [0.15, 0.2) is 11.6 Å². The number of hydrogen-bond donors (Lipinski definition) is 4. The molecule has 5 aromatic carbocycles. The summed E-state index contributed by atoms with van der Waals surface area (Å²) in [5, 5.41) is 25.4. The van der Waals surface area contributed by atoms with E-state index >= 15 is 0 Å². The molecule has 360 valence electrons. The Morgan fingerprint density at radius 3 is 1.35 bits per heavy atom. The minimum absolute atomic E-state index is 0.000700. The van der Waals surface area contributed by atoms with Crippen LogP contribution in [0.4, 0.5) is 34.1 Å². The Hall–Kier alpha value is -6.43. The van der Waals surface area contributed by atoms with Crippen molar-refractivity contribution in [3.05, 3.63) is 129 Å². The number of halogens is 5. The van der Waals surface area contributed by atoms with E-state index in [9.17, 15) is 28.8 Å². The zero-order chi connectivity index (χ0) is 50.7. The first-order valence-electron chi connectivity index (χ1n) is 20.8. The van der Waals surface area contributed by atoms with Gasteiger partial charge in [0.1, 0.15) is 22.9 Å². The molecule has 0 bridgehead atoms. The summed E-state index contributed by atoms with van der Waals surface area (Å²) >= 11 is 32.1. The molecule has 21 heteroatoms. The molecule has 5 rings (SSSR count). The summed E-state index contributed by atoms with van der Waals surface area (Å²) in [4.78, 5) is 79.2. The molecule has 0 aromatic heterocycles. The summed E-state index contributed by atoms with van der Waals surface area (Å²) in [6.45, 7) is 7.38. The summed E-state index contributed by atoms with van der Waals surface area (Å²) in [6, 6.07) is 19.6. The van der Waals surface area contributed by atoms with E-state index < -0.39 is 63.4 Å². The largest absolute Gasteiger partial charge is 0.496 e. The van der Waals surface area contributed by atoms with E-state index in [-0.39, 0.29) is 43.9 Å². The lowest BCUT2D eigenvalue weighted by molar-refractivity contribution is -0.127. The van der Waals surface area contributed by atoms with Gasteiger partial charge >= 0.3 is 0 Å². The number of rotatable bonds is 19. The molecule has 5 aromatic rings. The van der Waals surface area contributed by atoms with Crippen LogP contribution in [0.1, 0.15) is 88.2 Å². The van der Waals surface area contributed by atoms with Crippen molar-refractivity contribution in [2.45, 2.75) is 62.8 Å². The van der Waals surface area contributed by atoms with E-state index in [2.05, 4.69) is 41.7 Å². The SMILES string of the molecule is COc1cccc(NC(=O)c2ccc(Cl)c(N=NC(C(C)=O)C(=O)Nc3ccc(NC(=O)C(N=Nc4cc(C(=O)Nc5cccc(OC)c5C(C)Cl)ccc4Cl)C(C)=O)c(C(C)Cl)c3)c2)c1C(C)Cl. The molecule has 0 aliphatic rings. The van der Waals surface area contributed by atoms with E-state index in [1.165, 1.54) is 68.8 Å². The van der Waals surface area contributed by atoms with Crippen molar-refractivity contribution in [2.24, 2.45) is 20.5 Å². The third-order valence-electron chi connectivity index (χ3n) is 10.1. The van der Waals surface area contributed by atoms with Crippen molar-refractivity contribution >= 4 is 127 Å². The smallest absolute Gasteiger partial charge is 0.258 e. The molecule has 0 spiro atoms. The van der Waals surface area contributed by atoms with Crippen LogP contribution < -0.4 is 30.7 Å². The van der Waals surface area contributed by atoms with Crippen LogP contribution >= 0.6 is 58.0 Å². The average molecular weight is 1040 g/mol. The molecule has 5 unspecified atom stereocenters. The van der Waals surface area contributed by atoms with Crippen LogP contribution in [0.15, 0.2) is 111 Å². The van der Waals surface area contributed by atoms with Crippen LogP contribution in [0.25, 0.3) is 0 Å². The van der Waals surface area contributed by atoms with Gasteiger partial charge in [-0.25, -0.2) is 0 Å². The number of hydrogen-bond acceptors (Lipinski definition) is 12. The predicted molar refractivity (Wildman–Crippen MR) is 269 cm³/mol. The lowest BCUT2D eigenvalue weighted by atomic mass is 10.1. The standard InChI is InChI=1S/C48H45Cl5N8O8/c1-23(49)31-22-30(54-47(66)43(26(4)62)60-58-37-20-28(14-17-32(37)52)45(64)56-35-10-8-12-39(68-6)41(35)24(2)50)16-19-34(31)55-48(67)44(27(5)63)61-59-38-21-29(15-18-33(38)53)46(65)57-36-11-9-13-40(69-7)42(36)25(3)51/h8-25,43-44H,1-7H3,(H,54,66)(H,55,67)(H,56,64)(H,57,65). The topological polar surface area (TPSA) is 218 Å². The van der Waals surface area contributed by atoms with E-state index in [1.54, 1.807) is 57.2 Å². The maximum absolute atomic E-state index is 13.6. The zero-order valence-electron chi connectivity index (χ0n) is 38.0. The second kappa shape index (κ2) is 24.2. The van der Waals surface area contributed by atoms with Gasteiger partial charge in [0.05, 0.1) is 40.4 Å². The van der Waals surface area contributed by atoms with E-state index in [4.69, 9.17) is 67.5 Å². The Morgan fingerprint density at radius 1 is 0.522 bits per heavy atom. The van der Waals surface area contributed by atoms with Crippen molar-refractivity contribution in [1.82, 2.24) is 0 Å². The lowest BCUT2D eigenvalue weighted by Gasteiger charge is -2.17. The van der Waals surface area contributed by atoms with Crippen molar-refractivity contribution in [2.75, 3.05) is 35.5 Å². The van der Waals surface area contributed by atoms with Gasteiger partial charge in [0.25, 0.3) is 23.6 Å². The molecule has 0 saturated heterocycles. The molecule has 0 radical (unpaired) electrons. The number of methoxy groups -OCH3 is 2. The fraction of sp³-hybridized carbons (Fsp3) is 0.250. The number of amides is 4. The highest BCUT2D eigenvalue weighted by Gasteiger charge is 2.27. The van der Waals surface area contributed by atoms with Gasteiger partial charge in [-0.1, -0.05) is 35.3 Å². The van der Waals surface area contributed by atoms with Crippen molar-refractivity contribution in [3.63, 3.8) is 0 Å². The summed E-state index contributed by atoms with van der Waals surface area (Å²) in [5.41, 5.74) is 2.93. The Bertz CT molecular complexity index is 2860. The highest BCUT2D eigenvalue weighted by molar-refractivity contribution is 6.33. The number of azo groups is 2. The molecule has 0 saturated carbocycles. The van der Waals surface area contributed by atoms with Crippen molar-refractivity contribution in [1.29, 1.82) is 0 Å². The molecular weight excluding hydrogens is 994 g/mol. The quantitative estimate of drug-likeness (QED) is 0.0353. The Kier molecular flexibility index (Phi) is 18.8. The van der Waals surface area contributed by atoms with Crippen LogP contribution in [0.2, 0.25) is 10.0 Å². The number of carbonyl (C=O) groups excluding carboxylic acids is 6. The molecule has 4 N–H and O–H groups in total. The number of nitrogens with one attached hydrogen (secondary N) is 4. The number of ether oxygens (including phenoxy) is 2. The van der Waals surface area contributed by atoms with Crippen molar-refractivity contribution < 1.29 is 38.2 Å². The maximum atomic E-state index is 13.6. The number of carbonyl (C=O) groups is 6. The van der Waals surface area contributed by atoms with Crippen LogP contribution in [0.5, 0.6) is 11.5 Å². The molecule has 4 amide bonds. The van der Waals surface area contributed by atoms with Crippen LogP contribution in [0.3, 0.4) is 0 Å². The molecule has 0 aliphatic carbocycles. The summed E-state index contributed by atoms with van der Waals surface area (Å²) in [6.07, 6.45) is 0. The fourth-order valence-corrected chi connectivity index (χ4v) is 7.65. The lowest BCUT2D eigenvalue weighted by Crippen LogP contribution is -2.32. The van der Waals surface area contributed by atoms with Gasteiger partial charge in [-0.2, -0.15) is 20.5 Å². The van der Waals surface area contributed by atoms with Crippen molar-refractivity contribution in [3.8, 4) is 11.5 Å². The fourth-order valence-electron chi connectivity index (χ4n) is 6.70. The third-order valence-corrected chi connectivity index (χ3v) is 11.4. The van der Waals surface area contributed by atoms with Gasteiger partial charge in [-0.05, 0) is 119 Å². The summed E-state index contributed by atoms with van der Waals surface area (Å²) in [7, 11) is 2.98. The van der Waals surface area contributed by atoms with E-state index in [0.717, 1.165) is 13.8 Å². The van der Waals surface area contributed by atoms with Gasteiger partial charge in [0, 0.05) is 45.0 Å². The maximum Gasteiger partial charge on any atom is 0.258 e. The number of benzene rings is 5. The molecule has 0 heterocycles. The van der Waals surface area contributed by atoms with Gasteiger partial charge in [-0.15, -0.1) is 34.8 Å². The first-order chi connectivity index (χ1) is 32.7. The second-order valence-electron chi connectivity index (χ2n) is 15.2. The molecule has 5 atom stereocenters. The molecule has 69 heavy (non-hydrogen) atoms. The number of anilines is 4. The summed E-state index contributed by atoms with van der Waals surface area (Å²) in [5.74, 6) is -3.16. The first kappa shape index (κ1) is 53.5. The first-order valence-corrected chi connectivity index (χ1v) is 22.9. The zero-order valence-corrected chi connectivity index (χ0v) is 41.8. The highest BCUT2D eigenvalue weighted by atomic mass is 35.5. The van der Waals surface area contributed by atoms with Gasteiger partial charge in [-0.3, -0.25) is 28.8 Å². The second-order valence-corrected chi connectivity index (χ2v) is 17.9. The molecule has 16 nitrogen and oxygen atoms in total. The summed E-state index contributed by atoms with van der Waals surface area (Å²) < 4.78 is 10.8. The highest BCUT2D eigenvalue weighted by Crippen LogP contribution is 2.38. The Balaban J connectivity index is 1.30. The minimum Gasteiger partial charge on any atom is -0.496 e. The van der Waals surface area contributed by atoms with E-state index in [1.807, 2.05) is 0 Å². The van der Waals surface area contributed by atoms with E-state index in [0.29, 0.717) is 39.6 Å². The average Bonchev–Trinajstić information content (AvgIpc) is 3.29. The predicted octanol–water partition coefficient (Wildman–Crippen LogP) is 12.8. The van der Waals surface area contributed by atoms with Crippen LogP contribution in [-0.2, 0) is 19.2 Å². The number of nitrogens with zero attached hydrogens (tertiary/aromatic N) is 4. The molecular formula is C48H45Cl5N8O8. The number of alkyl halides is 3. The van der Waals surface area contributed by atoms with Crippen LogP contribution in [0, 0.1) is 0 Å². The van der Waals surface area contributed by atoms with Gasteiger partial charge < -0.3 is 30.7 Å².